The van der Waals surface area contributed by atoms with E-state index in [0.29, 0.717) is 0 Å². The molecule has 0 amide bonds. The largest absolute Gasteiger partial charge is 0.316 e. The van der Waals surface area contributed by atoms with Crippen LogP contribution in [-0.4, -0.2) is 13.1 Å². The van der Waals surface area contributed by atoms with Crippen LogP contribution in [0.1, 0.15) is 23.1 Å². The maximum Gasteiger partial charge on any atom is 0.0443 e. The second-order valence-electron chi connectivity index (χ2n) is 4.61. The molecule has 82 valence electrons. The molecule has 0 bridgehead atoms. The van der Waals surface area contributed by atoms with Crippen molar-refractivity contribution < 1.29 is 0 Å². The van der Waals surface area contributed by atoms with E-state index in [-0.39, 0.29) is 0 Å². The highest BCUT2D eigenvalue weighted by Gasteiger charge is 2.17. The number of benzene rings is 1. The molecule has 2 heteroatoms. The summed E-state index contributed by atoms with van der Waals surface area (Å²) < 4.78 is 0. The van der Waals surface area contributed by atoms with Gasteiger partial charge in [0.15, 0.2) is 0 Å². The van der Waals surface area contributed by atoms with Crippen LogP contribution in [0.4, 0.5) is 0 Å². The summed E-state index contributed by atoms with van der Waals surface area (Å²) in [7, 11) is 0. The van der Waals surface area contributed by atoms with E-state index in [0.717, 1.165) is 30.5 Å². The predicted molar refractivity (Wildman–Crippen MR) is 65.6 cm³/mol. The molecule has 1 nitrogen and oxygen atoms in total. The van der Waals surface area contributed by atoms with Crippen molar-refractivity contribution >= 4 is 11.6 Å². The summed E-state index contributed by atoms with van der Waals surface area (Å²) in [5, 5.41) is 4.34. The molecule has 0 aliphatic carbocycles. The van der Waals surface area contributed by atoms with Crippen LogP contribution in [0.2, 0.25) is 5.02 Å². The van der Waals surface area contributed by atoms with Crippen molar-refractivity contribution in [3.8, 4) is 0 Å². The molecule has 2 rings (SSSR count). The van der Waals surface area contributed by atoms with Crippen molar-refractivity contribution in [3.05, 3.63) is 33.8 Å². The fraction of sp³-hybridized carbons (Fsp3) is 0.538. The van der Waals surface area contributed by atoms with Gasteiger partial charge in [0.1, 0.15) is 0 Å². The molecule has 0 saturated carbocycles. The number of halogens is 1. The predicted octanol–water partition coefficient (Wildman–Crippen LogP) is 3.11. The van der Waals surface area contributed by atoms with E-state index >= 15 is 0 Å². The van der Waals surface area contributed by atoms with E-state index in [1.165, 1.54) is 23.1 Å². The molecule has 1 aromatic rings. The van der Waals surface area contributed by atoms with Gasteiger partial charge < -0.3 is 5.32 Å². The van der Waals surface area contributed by atoms with E-state index in [9.17, 15) is 0 Å². The Balaban J connectivity index is 2.19. The second kappa shape index (κ2) is 4.54. The second-order valence-corrected chi connectivity index (χ2v) is 5.01. The lowest BCUT2D eigenvalue weighted by Crippen LogP contribution is -2.11. The summed E-state index contributed by atoms with van der Waals surface area (Å²) in [5.41, 5.74) is 3.94. The molecule has 1 aliphatic heterocycles. The third kappa shape index (κ3) is 2.53. The van der Waals surface area contributed by atoms with Gasteiger partial charge in [0.05, 0.1) is 0 Å². The summed E-state index contributed by atoms with van der Waals surface area (Å²) in [6.07, 6.45) is 2.40. The summed E-state index contributed by atoms with van der Waals surface area (Å²) in [6.45, 7) is 6.56. The lowest BCUT2D eigenvalue weighted by atomic mass is 9.94. The molecule has 1 N–H and O–H groups in total. The first kappa shape index (κ1) is 11.0. The summed E-state index contributed by atoms with van der Waals surface area (Å²) in [4.78, 5) is 0. The lowest BCUT2D eigenvalue weighted by Gasteiger charge is -2.13. The van der Waals surface area contributed by atoms with Gasteiger partial charge in [-0.05, 0) is 68.5 Å². The maximum absolute atomic E-state index is 6.29. The zero-order valence-electron chi connectivity index (χ0n) is 9.44. The monoisotopic (exact) mass is 223 g/mol. The minimum Gasteiger partial charge on any atom is -0.316 e. The number of nitrogens with one attached hydrogen (secondary N) is 1. The van der Waals surface area contributed by atoms with Gasteiger partial charge in [0.25, 0.3) is 0 Å². The van der Waals surface area contributed by atoms with E-state index in [1.54, 1.807) is 0 Å². The summed E-state index contributed by atoms with van der Waals surface area (Å²) in [6, 6.07) is 4.30. The first-order valence-electron chi connectivity index (χ1n) is 5.63. The standard InChI is InChI=1S/C13H18ClN/c1-9-5-10(2)12(13(14)6-9)7-11-3-4-15-8-11/h5-6,11,15H,3-4,7-8H2,1-2H3. The number of aryl methyl sites for hydroxylation is 2. The molecule has 1 heterocycles. The molecular formula is C13H18ClN. The Morgan fingerprint density at radius 3 is 2.80 bits per heavy atom. The summed E-state index contributed by atoms with van der Waals surface area (Å²) >= 11 is 6.29. The van der Waals surface area contributed by atoms with E-state index in [4.69, 9.17) is 11.6 Å². The number of hydrogen-bond acceptors (Lipinski definition) is 1. The molecule has 0 radical (unpaired) electrons. The van der Waals surface area contributed by atoms with Crippen LogP contribution in [0.15, 0.2) is 12.1 Å². The van der Waals surface area contributed by atoms with Crippen LogP contribution in [0.3, 0.4) is 0 Å². The average Bonchev–Trinajstić information content (AvgIpc) is 2.63. The molecule has 0 aromatic heterocycles. The third-order valence-electron chi connectivity index (χ3n) is 3.22. The highest BCUT2D eigenvalue weighted by Crippen LogP contribution is 2.26. The Hall–Kier alpha value is -0.530. The summed E-state index contributed by atoms with van der Waals surface area (Å²) in [5.74, 6) is 0.768. The highest BCUT2D eigenvalue weighted by atomic mass is 35.5. The maximum atomic E-state index is 6.29. The molecule has 1 fully saturated rings. The van der Waals surface area contributed by atoms with Crippen molar-refractivity contribution in [2.24, 2.45) is 5.92 Å². The van der Waals surface area contributed by atoms with Crippen LogP contribution >= 0.6 is 11.6 Å². The minimum absolute atomic E-state index is 0.768. The van der Waals surface area contributed by atoms with Crippen molar-refractivity contribution in [2.45, 2.75) is 26.7 Å². The molecule has 1 aromatic carbocycles. The van der Waals surface area contributed by atoms with Gasteiger partial charge in [-0.2, -0.15) is 0 Å². The molecule has 15 heavy (non-hydrogen) atoms. The van der Waals surface area contributed by atoms with Gasteiger partial charge in [-0.15, -0.1) is 0 Å². The van der Waals surface area contributed by atoms with Gasteiger partial charge >= 0.3 is 0 Å². The molecule has 1 unspecified atom stereocenters. The normalized spacial score (nSPS) is 20.9. The van der Waals surface area contributed by atoms with Crippen molar-refractivity contribution in [1.29, 1.82) is 0 Å². The zero-order chi connectivity index (χ0) is 10.8. The first-order chi connectivity index (χ1) is 7.16. The van der Waals surface area contributed by atoms with Crippen LogP contribution in [0.5, 0.6) is 0 Å². The Bertz CT molecular complexity index is 331. The van der Waals surface area contributed by atoms with E-state index in [1.807, 2.05) is 0 Å². The highest BCUT2D eigenvalue weighted by molar-refractivity contribution is 6.31. The molecule has 0 spiro atoms. The van der Waals surface area contributed by atoms with Crippen LogP contribution in [0.25, 0.3) is 0 Å². The van der Waals surface area contributed by atoms with Crippen LogP contribution in [-0.2, 0) is 6.42 Å². The van der Waals surface area contributed by atoms with Gasteiger partial charge in [-0.25, -0.2) is 0 Å². The minimum atomic E-state index is 0.768. The Kier molecular flexibility index (Phi) is 3.32. The fourth-order valence-electron chi connectivity index (χ4n) is 2.38. The Morgan fingerprint density at radius 1 is 1.40 bits per heavy atom. The van der Waals surface area contributed by atoms with Gasteiger partial charge in [-0.3, -0.25) is 0 Å². The lowest BCUT2D eigenvalue weighted by molar-refractivity contribution is 0.578. The smallest absolute Gasteiger partial charge is 0.0443 e. The topological polar surface area (TPSA) is 12.0 Å². The van der Waals surface area contributed by atoms with Gasteiger partial charge in [0.2, 0.25) is 0 Å². The Morgan fingerprint density at radius 2 is 2.20 bits per heavy atom. The van der Waals surface area contributed by atoms with Crippen LogP contribution in [0, 0.1) is 19.8 Å². The van der Waals surface area contributed by atoms with E-state index in [2.05, 4.69) is 31.3 Å². The van der Waals surface area contributed by atoms with E-state index < -0.39 is 0 Å². The van der Waals surface area contributed by atoms with Crippen molar-refractivity contribution in [3.63, 3.8) is 0 Å². The van der Waals surface area contributed by atoms with Crippen molar-refractivity contribution in [1.82, 2.24) is 5.32 Å². The van der Waals surface area contributed by atoms with Crippen LogP contribution < -0.4 is 5.32 Å². The zero-order valence-corrected chi connectivity index (χ0v) is 10.2. The quantitative estimate of drug-likeness (QED) is 0.813. The van der Waals surface area contributed by atoms with Crippen molar-refractivity contribution in [2.75, 3.05) is 13.1 Å². The number of hydrogen-bond donors (Lipinski definition) is 1. The molecule has 1 saturated heterocycles. The molecule has 1 atom stereocenters. The fourth-order valence-corrected chi connectivity index (χ4v) is 2.78. The molecule has 1 aliphatic rings. The number of rotatable bonds is 2. The van der Waals surface area contributed by atoms with Gasteiger partial charge in [-0.1, -0.05) is 17.7 Å². The Labute approximate surface area is 96.8 Å². The average molecular weight is 224 g/mol. The SMILES string of the molecule is Cc1cc(C)c(CC2CCNC2)c(Cl)c1. The first-order valence-corrected chi connectivity index (χ1v) is 6.01. The third-order valence-corrected chi connectivity index (χ3v) is 3.56. The molecular weight excluding hydrogens is 206 g/mol. The van der Waals surface area contributed by atoms with Gasteiger partial charge in [0, 0.05) is 5.02 Å².